The van der Waals surface area contributed by atoms with Crippen molar-refractivity contribution in [1.82, 2.24) is 5.32 Å². The lowest BCUT2D eigenvalue weighted by Crippen LogP contribution is -2.25. The van der Waals surface area contributed by atoms with Gasteiger partial charge in [-0.05, 0) is 5.56 Å². The van der Waals surface area contributed by atoms with Crippen LogP contribution in [0.15, 0.2) is 30.3 Å². The zero-order valence-electron chi connectivity index (χ0n) is 6.66. The number of rotatable bonds is 3. The zero-order valence-corrected chi connectivity index (χ0v) is 6.66. The van der Waals surface area contributed by atoms with Crippen LogP contribution in [0.25, 0.3) is 0 Å². The van der Waals surface area contributed by atoms with Crippen LogP contribution in [0.3, 0.4) is 0 Å². The lowest BCUT2D eigenvalue weighted by atomic mass is 10.2. The molecular formula is C9H11NO2. The van der Waals surface area contributed by atoms with Crippen LogP contribution in [0.2, 0.25) is 0 Å². The molecular weight excluding hydrogens is 154 g/mol. The predicted molar refractivity (Wildman–Crippen MR) is 45.4 cm³/mol. The van der Waals surface area contributed by atoms with Crippen molar-refractivity contribution in [2.75, 3.05) is 6.61 Å². The fourth-order valence-electron chi connectivity index (χ4n) is 0.852. The highest BCUT2D eigenvalue weighted by molar-refractivity contribution is 5.76. The molecule has 3 nitrogen and oxygen atoms in total. The molecule has 0 radical (unpaired) electrons. The van der Waals surface area contributed by atoms with Crippen molar-refractivity contribution in [3.63, 3.8) is 0 Å². The van der Waals surface area contributed by atoms with Crippen molar-refractivity contribution < 1.29 is 9.90 Å². The van der Waals surface area contributed by atoms with E-state index in [1.165, 1.54) is 0 Å². The Morgan fingerprint density at radius 1 is 1.33 bits per heavy atom. The number of carbonyl (C=O) groups is 1. The number of hydrogen-bond acceptors (Lipinski definition) is 2. The number of aliphatic hydroxyl groups is 1. The van der Waals surface area contributed by atoms with E-state index >= 15 is 0 Å². The van der Waals surface area contributed by atoms with Gasteiger partial charge in [0.05, 0.1) is 0 Å². The number of hydrogen-bond donors (Lipinski definition) is 2. The molecule has 0 fully saturated rings. The van der Waals surface area contributed by atoms with Crippen molar-refractivity contribution in [2.45, 2.75) is 6.54 Å². The van der Waals surface area contributed by atoms with E-state index in [2.05, 4.69) is 5.32 Å². The Hall–Kier alpha value is -1.35. The predicted octanol–water partition coefficient (Wildman–Crippen LogP) is 0.295. The van der Waals surface area contributed by atoms with Crippen LogP contribution in [0, 0.1) is 0 Å². The molecule has 0 saturated heterocycles. The molecule has 1 aromatic rings. The summed E-state index contributed by atoms with van der Waals surface area (Å²) in [7, 11) is 0. The summed E-state index contributed by atoms with van der Waals surface area (Å²) < 4.78 is 0. The Morgan fingerprint density at radius 3 is 2.58 bits per heavy atom. The van der Waals surface area contributed by atoms with Gasteiger partial charge in [0.15, 0.2) is 0 Å². The standard InChI is InChI=1S/C9H11NO2/c11-7-9(12)10-6-8-4-2-1-3-5-8/h1-5,11H,6-7H2,(H,10,12). The quantitative estimate of drug-likeness (QED) is 0.676. The lowest BCUT2D eigenvalue weighted by molar-refractivity contribution is -0.123. The minimum absolute atomic E-state index is 0.348. The van der Waals surface area contributed by atoms with Crippen molar-refractivity contribution >= 4 is 5.91 Å². The van der Waals surface area contributed by atoms with Gasteiger partial charge in [-0.15, -0.1) is 0 Å². The summed E-state index contributed by atoms with van der Waals surface area (Å²) in [5.41, 5.74) is 1.03. The third-order valence-corrected chi connectivity index (χ3v) is 1.48. The molecule has 12 heavy (non-hydrogen) atoms. The Morgan fingerprint density at radius 2 is 2.00 bits per heavy atom. The summed E-state index contributed by atoms with van der Waals surface area (Å²) in [4.78, 5) is 10.6. The number of nitrogens with one attached hydrogen (secondary N) is 1. The molecule has 0 unspecified atom stereocenters. The first-order chi connectivity index (χ1) is 5.83. The summed E-state index contributed by atoms with van der Waals surface area (Å²) in [6.07, 6.45) is 0. The highest BCUT2D eigenvalue weighted by Crippen LogP contribution is 1.96. The maximum absolute atomic E-state index is 10.6. The minimum atomic E-state index is -0.452. The average molecular weight is 165 g/mol. The first-order valence-corrected chi connectivity index (χ1v) is 3.74. The molecule has 1 aromatic carbocycles. The molecule has 0 aliphatic rings. The molecule has 64 valence electrons. The molecule has 0 atom stereocenters. The zero-order chi connectivity index (χ0) is 8.81. The molecule has 0 bridgehead atoms. The van der Waals surface area contributed by atoms with Gasteiger partial charge >= 0.3 is 0 Å². The summed E-state index contributed by atoms with van der Waals surface area (Å²) in [6, 6.07) is 9.55. The SMILES string of the molecule is O=C(CO)NCc1ccccc1. The van der Waals surface area contributed by atoms with Gasteiger partial charge in [-0.1, -0.05) is 30.3 Å². The van der Waals surface area contributed by atoms with Crippen molar-refractivity contribution in [3.8, 4) is 0 Å². The summed E-state index contributed by atoms with van der Waals surface area (Å²) >= 11 is 0. The Balaban J connectivity index is 2.38. The van der Waals surface area contributed by atoms with Gasteiger partial charge in [-0.2, -0.15) is 0 Å². The average Bonchev–Trinajstić information content (AvgIpc) is 2.16. The van der Waals surface area contributed by atoms with Crippen LogP contribution in [0.5, 0.6) is 0 Å². The summed E-state index contributed by atoms with van der Waals surface area (Å²) in [5.74, 6) is -0.348. The fourth-order valence-corrected chi connectivity index (χ4v) is 0.852. The van der Waals surface area contributed by atoms with E-state index < -0.39 is 6.61 Å². The van der Waals surface area contributed by atoms with Crippen LogP contribution >= 0.6 is 0 Å². The Bertz CT molecular complexity index is 246. The van der Waals surface area contributed by atoms with Crippen molar-refractivity contribution in [3.05, 3.63) is 35.9 Å². The van der Waals surface area contributed by atoms with Gasteiger partial charge in [0.1, 0.15) is 6.61 Å². The van der Waals surface area contributed by atoms with Crippen LogP contribution in [0.1, 0.15) is 5.56 Å². The molecule has 0 aliphatic carbocycles. The van der Waals surface area contributed by atoms with Gasteiger partial charge in [-0.25, -0.2) is 0 Å². The molecule has 1 rings (SSSR count). The highest BCUT2D eigenvalue weighted by atomic mass is 16.3. The van der Waals surface area contributed by atoms with E-state index in [0.717, 1.165) is 5.56 Å². The second kappa shape index (κ2) is 4.51. The van der Waals surface area contributed by atoms with Crippen LogP contribution in [-0.4, -0.2) is 17.6 Å². The minimum Gasteiger partial charge on any atom is -0.387 e. The topological polar surface area (TPSA) is 49.3 Å². The van der Waals surface area contributed by atoms with E-state index in [4.69, 9.17) is 5.11 Å². The van der Waals surface area contributed by atoms with Crippen LogP contribution in [-0.2, 0) is 11.3 Å². The van der Waals surface area contributed by atoms with E-state index in [-0.39, 0.29) is 5.91 Å². The lowest BCUT2D eigenvalue weighted by Gasteiger charge is -2.01. The number of aliphatic hydroxyl groups excluding tert-OH is 1. The molecule has 0 aliphatic heterocycles. The first kappa shape index (κ1) is 8.74. The van der Waals surface area contributed by atoms with E-state index in [0.29, 0.717) is 6.54 Å². The monoisotopic (exact) mass is 165 g/mol. The maximum Gasteiger partial charge on any atom is 0.245 e. The molecule has 0 aromatic heterocycles. The van der Waals surface area contributed by atoms with Gasteiger partial charge in [-0.3, -0.25) is 4.79 Å². The first-order valence-electron chi connectivity index (χ1n) is 3.74. The number of benzene rings is 1. The summed E-state index contributed by atoms with van der Waals surface area (Å²) in [5, 5.41) is 11.0. The normalized spacial score (nSPS) is 9.42. The third kappa shape index (κ3) is 2.72. The van der Waals surface area contributed by atoms with Crippen LogP contribution < -0.4 is 5.32 Å². The number of amides is 1. The molecule has 1 amide bonds. The third-order valence-electron chi connectivity index (χ3n) is 1.48. The second-order valence-electron chi connectivity index (χ2n) is 2.42. The van der Waals surface area contributed by atoms with E-state index in [1.54, 1.807) is 0 Å². The van der Waals surface area contributed by atoms with Crippen molar-refractivity contribution in [1.29, 1.82) is 0 Å². The highest BCUT2D eigenvalue weighted by Gasteiger charge is 1.96. The smallest absolute Gasteiger partial charge is 0.245 e. The number of carbonyl (C=O) groups excluding carboxylic acids is 1. The van der Waals surface area contributed by atoms with Gasteiger partial charge in [0.2, 0.25) is 5.91 Å². The van der Waals surface area contributed by atoms with Crippen molar-refractivity contribution in [2.24, 2.45) is 0 Å². The van der Waals surface area contributed by atoms with E-state index in [1.807, 2.05) is 30.3 Å². The molecule has 0 spiro atoms. The molecule has 0 heterocycles. The Labute approximate surface area is 71.0 Å². The fraction of sp³-hybridized carbons (Fsp3) is 0.222. The molecule has 0 saturated carbocycles. The molecule has 2 N–H and O–H groups in total. The van der Waals surface area contributed by atoms with Gasteiger partial charge in [0.25, 0.3) is 0 Å². The largest absolute Gasteiger partial charge is 0.387 e. The Kier molecular flexibility index (Phi) is 3.29. The maximum atomic E-state index is 10.6. The van der Waals surface area contributed by atoms with E-state index in [9.17, 15) is 4.79 Å². The van der Waals surface area contributed by atoms with Crippen LogP contribution in [0.4, 0.5) is 0 Å². The van der Waals surface area contributed by atoms with Gasteiger partial charge < -0.3 is 10.4 Å². The van der Waals surface area contributed by atoms with Gasteiger partial charge in [0, 0.05) is 6.54 Å². The summed E-state index contributed by atoms with van der Waals surface area (Å²) in [6.45, 7) is 0.0209. The second-order valence-corrected chi connectivity index (χ2v) is 2.42. The molecule has 3 heteroatoms.